The predicted octanol–water partition coefficient (Wildman–Crippen LogP) is 2.47. The fraction of sp³-hybridized carbons (Fsp3) is 0.455. The molecule has 0 bridgehead atoms. The van der Waals surface area contributed by atoms with Crippen LogP contribution in [-0.2, 0) is 0 Å². The number of carbonyl (C=O) groups is 1. The molecule has 2 nitrogen and oxygen atoms in total. The van der Waals surface area contributed by atoms with E-state index in [0.717, 1.165) is 0 Å². The Hall–Kier alpha value is -1.18. The first-order valence-electron chi connectivity index (χ1n) is 4.66. The van der Waals surface area contributed by atoms with Crippen molar-refractivity contribution in [2.45, 2.75) is 32.6 Å². The topological polar surface area (TPSA) is 30.0 Å². The van der Waals surface area contributed by atoms with Crippen molar-refractivity contribution >= 4 is 5.78 Å². The van der Waals surface area contributed by atoms with Gasteiger partial charge in [0.05, 0.1) is 0 Å². The third kappa shape index (κ3) is 1.62. The molecule has 1 aromatic heterocycles. The molecule has 1 aliphatic carbocycles. The minimum absolute atomic E-state index is 0.0467. The van der Waals surface area contributed by atoms with Gasteiger partial charge in [0, 0.05) is 13.1 Å². The molecule has 0 saturated heterocycles. The Kier molecular flexibility index (Phi) is 1.91. The van der Waals surface area contributed by atoms with Crippen molar-refractivity contribution in [3.8, 4) is 0 Å². The van der Waals surface area contributed by atoms with Crippen molar-refractivity contribution in [3.05, 3.63) is 29.1 Å². The molecule has 1 aliphatic rings. The van der Waals surface area contributed by atoms with Crippen molar-refractivity contribution in [1.29, 1.82) is 0 Å². The highest BCUT2D eigenvalue weighted by Gasteiger charge is 2.25. The molecule has 0 spiro atoms. The second-order valence-electron chi connectivity index (χ2n) is 3.76. The molecule has 68 valence electrons. The molecule has 0 radical (unpaired) electrons. The van der Waals surface area contributed by atoms with E-state index in [4.69, 9.17) is 0 Å². The molecule has 1 heterocycles. The zero-order valence-electron chi connectivity index (χ0n) is 8.00. The first kappa shape index (κ1) is 8.42. The molecule has 1 fully saturated rings. The minimum Gasteiger partial charge on any atom is -0.293 e. The van der Waals surface area contributed by atoms with E-state index in [2.05, 4.69) is 11.9 Å². The zero-order valence-corrected chi connectivity index (χ0v) is 8.00. The Bertz CT molecular complexity index is 353. The summed E-state index contributed by atoms with van der Waals surface area (Å²) < 4.78 is 0. The molecule has 0 unspecified atom stereocenters. The molecular weight excluding hydrogens is 162 g/mol. The van der Waals surface area contributed by atoms with E-state index >= 15 is 0 Å². The van der Waals surface area contributed by atoms with Crippen LogP contribution in [0.2, 0.25) is 0 Å². The number of pyridine rings is 1. The van der Waals surface area contributed by atoms with Crippen molar-refractivity contribution < 1.29 is 4.79 Å². The van der Waals surface area contributed by atoms with Gasteiger partial charge >= 0.3 is 0 Å². The van der Waals surface area contributed by atoms with E-state index in [1.54, 1.807) is 6.92 Å². The maximum atomic E-state index is 11.0. The first-order chi connectivity index (χ1) is 6.18. The lowest BCUT2D eigenvalue weighted by Crippen LogP contribution is -1.99. The Morgan fingerprint density at radius 1 is 1.54 bits per heavy atom. The first-order valence-corrected chi connectivity index (χ1v) is 4.66. The van der Waals surface area contributed by atoms with Crippen LogP contribution in [0.3, 0.4) is 0 Å². The standard InChI is InChI=1S/C11H13NO/c1-7-5-11(8(2)13)12-6-10(7)9-3-4-9/h5-6,9H,3-4H2,1-2H3. The van der Waals surface area contributed by atoms with Crippen molar-refractivity contribution in [3.63, 3.8) is 0 Å². The third-order valence-electron chi connectivity index (χ3n) is 2.53. The lowest BCUT2D eigenvalue weighted by molar-refractivity contribution is 0.101. The van der Waals surface area contributed by atoms with Gasteiger partial charge in [-0.25, -0.2) is 0 Å². The summed E-state index contributed by atoms with van der Waals surface area (Å²) >= 11 is 0. The van der Waals surface area contributed by atoms with Crippen molar-refractivity contribution in [2.75, 3.05) is 0 Å². The van der Waals surface area contributed by atoms with Gasteiger partial charge in [-0.15, -0.1) is 0 Å². The molecule has 1 saturated carbocycles. The molecule has 0 amide bonds. The number of hydrogen-bond donors (Lipinski definition) is 0. The Morgan fingerprint density at radius 3 is 2.69 bits per heavy atom. The smallest absolute Gasteiger partial charge is 0.178 e. The number of carbonyl (C=O) groups excluding carboxylic acids is 1. The molecule has 1 aromatic rings. The van der Waals surface area contributed by atoms with Crippen LogP contribution in [0.5, 0.6) is 0 Å². The van der Waals surface area contributed by atoms with Gasteiger partial charge in [0.25, 0.3) is 0 Å². The van der Waals surface area contributed by atoms with E-state index in [-0.39, 0.29) is 5.78 Å². The largest absolute Gasteiger partial charge is 0.293 e. The summed E-state index contributed by atoms with van der Waals surface area (Å²) in [6, 6.07) is 1.90. The lowest BCUT2D eigenvalue weighted by atomic mass is 10.1. The molecule has 2 rings (SSSR count). The zero-order chi connectivity index (χ0) is 9.42. The highest BCUT2D eigenvalue weighted by atomic mass is 16.1. The van der Waals surface area contributed by atoms with Gasteiger partial charge < -0.3 is 0 Å². The van der Waals surface area contributed by atoms with Crippen LogP contribution in [0.1, 0.15) is 47.3 Å². The van der Waals surface area contributed by atoms with Crippen LogP contribution >= 0.6 is 0 Å². The maximum Gasteiger partial charge on any atom is 0.178 e. The molecular formula is C11H13NO. The van der Waals surface area contributed by atoms with Gasteiger partial charge in [0.2, 0.25) is 0 Å². The van der Waals surface area contributed by atoms with Crippen molar-refractivity contribution in [2.24, 2.45) is 0 Å². The summed E-state index contributed by atoms with van der Waals surface area (Å²) in [7, 11) is 0. The number of Topliss-reactive ketones (excluding diaryl/α,β-unsaturated/α-hetero) is 1. The second kappa shape index (κ2) is 2.95. The average Bonchev–Trinajstić information content (AvgIpc) is 2.87. The average molecular weight is 175 g/mol. The van der Waals surface area contributed by atoms with E-state index in [0.29, 0.717) is 11.6 Å². The number of nitrogens with zero attached hydrogens (tertiary/aromatic N) is 1. The summed E-state index contributed by atoms with van der Waals surface area (Å²) in [4.78, 5) is 15.2. The Balaban J connectivity index is 2.36. The summed E-state index contributed by atoms with van der Waals surface area (Å²) in [5, 5.41) is 0. The van der Waals surface area contributed by atoms with Gasteiger partial charge in [-0.2, -0.15) is 0 Å². The molecule has 0 N–H and O–H groups in total. The maximum absolute atomic E-state index is 11.0. The van der Waals surface area contributed by atoms with Crippen molar-refractivity contribution in [1.82, 2.24) is 4.98 Å². The third-order valence-corrected chi connectivity index (χ3v) is 2.53. The number of hydrogen-bond acceptors (Lipinski definition) is 2. The van der Waals surface area contributed by atoms with Crippen LogP contribution < -0.4 is 0 Å². The van der Waals surface area contributed by atoms with Crippen LogP contribution in [0.25, 0.3) is 0 Å². The minimum atomic E-state index is 0.0467. The van der Waals surface area contributed by atoms with E-state index in [9.17, 15) is 4.79 Å². The number of rotatable bonds is 2. The number of aryl methyl sites for hydroxylation is 1. The molecule has 0 atom stereocenters. The predicted molar refractivity (Wildman–Crippen MR) is 51.0 cm³/mol. The fourth-order valence-electron chi connectivity index (χ4n) is 1.58. The highest BCUT2D eigenvalue weighted by molar-refractivity contribution is 5.92. The number of ketones is 1. The molecule has 13 heavy (non-hydrogen) atoms. The van der Waals surface area contributed by atoms with Crippen LogP contribution in [0.15, 0.2) is 12.3 Å². The fourth-order valence-corrected chi connectivity index (χ4v) is 1.58. The molecule has 0 aromatic carbocycles. The van der Waals surface area contributed by atoms with Gasteiger partial charge in [-0.05, 0) is 42.9 Å². The second-order valence-corrected chi connectivity index (χ2v) is 3.76. The van der Waals surface area contributed by atoms with Crippen LogP contribution in [0, 0.1) is 6.92 Å². The molecule has 2 heteroatoms. The lowest BCUT2D eigenvalue weighted by Gasteiger charge is -2.03. The highest BCUT2D eigenvalue weighted by Crippen LogP contribution is 2.41. The summed E-state index contributed by atoms with van der Waals surface area (Å²) in [5.41, 5.74) is 3.12. The SMILES string of the molecule is CC(=O)c1cc(C)c(C2CC2)cn1. The Labute approximate surface area is 78.0 Å². The number of aromatic nitrogens is 1. The van der Waals surface area contributed by atoms with E-state index < -0.39 is 0 Å². The Morgan fingerprint density at radius 2 is 2.23 bits per heavy atom. The molecule has 0 aliphatic heterocycles. The van der Waals surface area contributed by atoms with Gasteiger partial charge in [0.1, 0.15) is 5.69 Å². The van der Waals surface area contributed by atoms with Gasteiger partial charge in [0.15, 0.2) is 5.78 Å². The van der Waals surface area contributed by atoms with Crippen LogP contribution in [0.4, 0.5) is 0 Å². The van der Waals surface area contributed by atoms with Crippen LogP contribution in [-0.4, -0.2) is 10.8 Å². The monoisotopic (exact) mass is 175 g/mol. The van der Waals surface area contributed by atoms with Gasteiger partial charge in [-0.1, -0.05) is 0 Å². The summed E-state index contributed by atoms with van der Waals surface area (Å²) in [6.07, 6.45) is 4.42. The summed E-state index contributed by atoms with van der Waals surface area (Å²) in [5.74, 6) is 0.763. The normalized spacial score (nSPS) is 15.8. The van der Waals surface area contributed by atoms with Gasteiger partial charge in [-0.3, -0.25) is 9.78 Å². The van der Waals surface area contributed by atoms with E-state index in [1.165, 1.54) is 24.0 Å². The summed E-state index contributed by atoms with van der Waals surface area (Å²) in [6.45, 7) is 3.61. The van der Waals surface area contributed by atoms with E-state index in [1.807, 2.05) is 12.3 Å². The quantitative estimate of drug-likeness (QED) is 0.646.